The predicted molar refractivity (Wildman–Crippen MR) is 156 cm³/mol. The van der Waals surface area contributed by atoms with Gasteiger partial charge in [-0.25, -0.2) is 9.97 Å². The predicted octanol–water partition coefficient (Wildman–Crippen LogP) is 6.29. The summed E-state index contributed by atoms with van der Waals surface area (Å²) in [5, 5.41) is 2.97. The van der Waals surface area contributed by atoms with Gasteiger partial charge >= 0.3 is 0 Å². The molecular weight excluding hydrogens is 566 g/mol. The van der Waals surface area contributed by atoms with Crippen LogP contribution >= 0.6 is 27.5 Å². The molecule has 1 aliphatic rings. The van der Waals surface area contributed by atoms with E-state index in [1.165, 1.54) is 10.4 Å². The number of nitrogens with zero attached hydrogens (tertiary/aromatic N) is 3. The zero-order valence-corrected chi connectivity index (χ0v) is 25.1. The molecule has 5 nitrogen and oxygen atoms in total. The van der Waals surface area contributed by atoms with E-state index in [1.807, 2.05) is 6.92 Å². The van der Waals surface area contributed by atoms with Crippen molar-refractivity contribution >= 4 is 51.7 Å². The van der Waals surface area contributed by atoms with Crippen LogP contribution in [-0.2, 0) is 9.16 Å². The van der Waals surface area contributed by atoms with Crippen LogP contribution in [0.15, 0.2) is 71.5 Å². The fraction of sp³-hybridized carbons (Fsp3) is 0.379. The summed E-state index contributed by atoms with van der Waals surface area (Å²) in [6, 6.07) is 21.5. The van der Waals surface area contributed by atoms with Crippen molar-refractivity contribution in [2.24, 2.45) is 0 Å². The highest BCUT2D eigenvalue weighted by molar-refractivity contribution is 9.10. The Morgan fingerprint density at radius 1 is 1.05 bits per heavy atom. The first-order valence-corrected chi connectivity index (χ1v) is 15.9. The molecule has 2 aromatic carbocycles. The second-order valence-electron chi connectivity index (χ2n) is 10.8. The van der Waals surface area contributed by atoms with Gasteiger partial charge in [-0.05, 0) is 51.1 Å². The molecule has 37 heavy (non-hydrogen) atoms. The van der Waals surface area contributed by atoms with Crippen molar-refractivity contribution in [3.8, 4) is 0 Å². The van der Waals surface area contributed by atoms with Gasteiger partial charge in [0.25, 0.3) is 8.32 Å². The van der Waals surface area contributed by atoms with E-state index in [1.54, 1.807) is 6.20 Å². The highest BCUT2D eigenvalue weighted by Gasteiger charge is 2.50. The highest BCUT2D eigenvalue weighted by atomic mass is 79.9. The number of imidazole rings is 1. The SMILES string of the molecule is Cc1cnc(Cl)c2c(Br)nc(C3CCC(CO[Si](c4ccccc4)(c4ccccc4)C(C)(C)C)OC3)n12. The Balaban J connectivity index is 1.37. The Hall–Kier alpha value is -2.03. The molecule has 0 aliphatic carbocycles. The molecule has 2 unspecified atom stereocenters. The topological polar surface area (TPSA) is 48.7 Å². The lowest BCUT2D eigenvalue weighted by Crippen LogP contribution is -2.67. The molecule has 1 fully saturated rings. The largest absolute Gasteiger partial charge is 0.405 e. The second kappa shape index (κ2) is 10.6. The number of aryl methyl sites for hydroxylation is 1. The molecule has 4 aromatic rings. The zero-order chi connectivity index (χ0) is 26.2. The molecule has 1 saturated heterocycles. The summed E-state index contributed by atoms with van der Waals surface area (Å²) in [5.74, 6) is 1.15. The van der Waals surface area contributed by atoms with Crippen LogP contribution in [0.25, 0.3) is 5.52 Å². The molecule has 0 spiro atoms. The van der Waals surface area contributed by atoms with Crippen molar-refractivity contribution < 1.29 is 9.16 Å². The van der Waals surface area contributed by atoms with Crippen LogP contribution in [0.2, 0.25) is 10.2 Å². The lowest BCUT2D eigenvalue weighted by molar-refractivity contribution is -0.0246. The molecule has 0 saturated carbocycles. The maximum Gasteiger partial charge on any atom is 0.261 e. The lowest BCUT2D eigenvalue weighted by atomic mass is 9.98. The van der Waals surface area contributed by atoms with Crippen LogP contribution in [0.3, 0.4) is 0 Å². The monoisotopic (exact) mass is 597 g/mol. The Kier molecular flexibility index (Phi) is 7.62. The molecule has 0 radical (unpaired) electrons. The van der Waals surface area contributed by atoms with E-state index in [0.29, 0.717) is 18.4 Å². The van der Waals surface area contributed by atoms with Crippen LogP contribution in [0.1, 0.15) is 51.0 Å². The number of fused-ring (bicyclic) bond motifs is 1. The van der Waals surface area contributed by atoms with Gasteiger partial charge in [-0.3, -0.25) is 4.40 Å². The van der Waals surface area contributed by atoms with E-state index >= 15 is 0 Å². The molecule has 1 aliphatic heterocycles. The summed E-state index contributed by atoms with van der Waals surface area (Å²) in [6.45, 7) is 10.1. The van der Waals surface area contributed by atoms with E-state index < -0.39 is 8.32 Å². The van der Waals surface area contributed by atoms with Crippen LogP contribution in [0, 0.1) is 6.92 Å². The fourth-order valence-corrected chi connectivity index (χ4v) is 11.1. The average molecular weight is 599 g/mol. The van der Waals surface area contributed by atoms with Gasteiger partial charge in [-0.2, -0.15) is 0 Å². The highest BCUT2D eigenvalue weighted by Crippen LogP contribution is 2.38. The fourth-order valence-electron chi connectivity index (χ4n) is 5.61. The first-order chi connectivity index (χ1) is 17.7. The summed E-state index contributed by atoms with van der Waals surface area (Å²) < 4.78 is 16.4. The number of hydrogen-bond acceptors (Lipinski definition) is 4. The van der Waals surface area contributed by atoms with Crippen LogP contribution in [0.4, 0.5) is 0 Å². The van der Waals surface area contributed by atoms with Gasteiger partial charge in [0, 0.05) is 17.8 Å². The van der Waals surface area contributed by atoms with Gasteiger partial charge in [0.15, 0.2) is 5.15 Å². The molecule has 2 atom stereocenters. The minimum atomic E-state index is -2.59. The standard InChI is InChI=1S/C29H33BrClN3O2Si/c1-20-17-32-27(31)25-26(30)33-28(34(20)25)21-15-16-22(35-18-21)19-36-37(29(2,3)4,23-11-7-5-8-12-23)24-13-9-6-10-14-24/h5-14,17,21-22H,15-16,18-19H2,1-4H3. The van der Waals surface area contributed by atoms with Crippen LogP contribution in [-0.4, -0.2) is 42.0 Å². The van der Waals surface area contributed by atoms with E-state index in [9.17, 15) is 0 Å². The number of hydrogen-bond donors (Lipinski definition) is 0. The Morgan fingerprint density at radius 3 is 2.22 bits per heavy atom. The Labute approximate surface area is 233 Å². The first-order valence-electron chi connectivity index (χ1n) is 12.8. The Morgan fingerprint density at radius 2 is 1.68 bits per heavy atom. The molecule has 3 heterocycles. The van der Waals surface area contributed by atoms with Crippen molar-refractivity contribution in [2.45, 2.75) is 57.6 Å². The van der Waals surface area contributed by atoms with Gasteiger partial charge in [0.2, 0.25) is 0 Å². The maximum atomic E-state index is 7.12. The number of halogens is 2. The quantitative estimate of drug-likeness (QED) is 0.245. The van der Waals surface area contributed by atoms with Gasteiger partial charge in [-0.1, -0.05) is 93.0 Å². The summed E-state index contributed by atoms with van der Waals surface area (Å²) in [4.78, 5) is 9.09. The van der Waals surface area contributed by atoms with Gasteiger partial charge < -0.3 is 9.16 Å². The van der Waals surface area contributed by atoms with E-state index in [0.717, 1.165) is 34.5 Å². The summed E-state index contributed by atoms with van der Waals surface area (Å²) >= 11 is 9.96. The van der Waals surface area contributed by atoms with Crippen molar-refractivity contribution in [2.75, 3.05) is 13.2 Å². The minimum absolute atomic E-state index is 0.0407. The van der Waals surface area contributed by atoms with Crippen molar-refractivity contribution in [3.05, 3.63) is 88.1 Å². The molecule has 5 rings (SSSR count). The van der Waals surface area contributed by atoms with E-state index in [2.05, 4.69) is 107 Å². The van der Waals surface area contributed by atoms with Crippen LogP contribution < -0.4 is 10.4 Å². The average Bonchev–Trinajstić information content (AvgIpc) is 3.26. The Bertz CT molecular complexity index is 1330. The van der Waals surface area contributed by atoms with E-state index in [-0.39, 0.29) is 17.1 Å². The number of aromatic nitrogens is 3. The molecule has 2 aromatic heterocycles. The third-order valence-corrected chi connectivity index (χ3v) is 13.2. The summed E-state index contributed by atoms with van der Waals surface area (Å²) in [6.07, 6.45) is 3.71. The smallest absolute Gasteiger partial charge is 0.261 e. The van der Waals surface area contributed by atoms with Gasteiger partial charge in [0.1, 0.15) is 15.9 Å². The van der Waals surface area contributed by atoms with Crippen molar-refractivity contribution in [3.63, 3.8) is 0 Å². The molecule has 8 heteroatoms. The molecule has 0 N–H and O–H groups in total. The normalized spacial score (nSPS) is 18.9. The zero-order valence-electron chi connectivity index (χ0n) is 21.7. The lowest BCUT2D eigenvalue weighted by Gasteiger charge is -2.44. The number of rotatable bonds is 6. The van der Waals surface area contributed by atoms with Crippen LogP contribution in [0.5, 0.6) is 0 Å². The van der Waals surface area contributed by atoms with E-state index in [4.69, 9.17) is 25.7 Å². The molecule has 0 bridgehead atoms. The third-order valence-electron chi connectivity index (χ3n) is 7.41. The third kappa shape index (κ3) is 4.92. The molecular formula is C29H33BrClN3O2Si. The summed E-state index contributed by atoms with van der Waals surface area (Å²) in [5.41, 5.74) is 1.82. The molecule has 194 valence electrons. The maximum absolute atomic E-state index is 7.12. The number of benzene rings is 2. The van der Waals surface area contributed by atoms with Crippen molar-refractivity contribution in [1.29, 1.82) is 0 Å². The van der Waals surface area contributed by atoms with Gasteiger partial charge in [0.05, 0.1) is 19.3 Å². The number of ether oxygens (including phenoxy) is 1. The molecule has 0 amide bonds. The minimum Gasteiger partial charge on any atom is -0.405 e. The van der Waals surface area contributed by atoms with Crippen molar-refractivity contribution in [1.82, 2.24) is 14.4 Å². The van der Waals surface area contributed by atoms with Gasteiger partial charge in [-0.15, -0.1) is 0 Å². The first kappa shape index (κ1) is 26.6. The summed E-state index contributed by atoms with van der Waals surface area (Å²) in [7, 11) is -2.59. The second-order valence-corrected chi connectivity index (χ2v) is 16.3.